The SMILES string of the molecule is N#CC(C#N)=Nc1nc2c(s1)C1=CC3C=C4OC5(CCCCC5)C(N)C(S)C4=CC3C=C1OC21CCCCC1. The van der Waals surface area contributed by atoms with Gasteiger partial charge in [-0.1, -0.05) is 36.3 Å². The molecule has 2 N–H and O–H groups in total. The Balaban J connectivity index is 1.31. The van der Waals surface area contributed by atoms with Crippen LogP contribution >= 0.6 is 24.0 Å². The molecule has 4 aliphatic carbocycles. The molecule has 1 aromatic heterocycles. The van der Waals surface area contributed by atoms with E-state index in [9.17, 15) is 10.5 Å². The minimum Gasteiger partial charge on any atom is -0.486 e. The second kappa shape index (κ2) is 9.37. The fourth-order valence-corrected chi connectivity index (χ4v) is 8.90. The Morgan fingerprint density at radius 1 is 0.949 bits per heavy atom. The van der Waals surface area contributed by atoms with Gasteiger partial charge >= 0.3 is 0 Å². The quantitative estimate of drug-likeness (QED) is 0.316. The molecule has 2 saturated carbocycles. The van der Waals surface area contributed by atoms with E-state index in [0.717, 1.165) is 84.6 Å². The number of nitrogens with zero attached hydrogens (tertiary/aromatic N) is 4. The van der Waals surface area contributed by atoms with E-state index in [2.05, 4.69) is 29.3 Å². The Bertz CT molecular complexity index is 1440. The van der Waals surface area contributed by atoms with Crippen LogP contribution in [0.1, 0.15) is 74.8 Å². The molecular weight excluding hydrogens is 526 g/mol. The third-order valence-electron chi connectivity index (χ3n) is 9.37. The number of thiazole rings is 1. The first-order chi connectivity index (χ1) is 18.9. The number of ether oxygens (including phenoxy) is 2. The van der Waals surface area contributed by atoms with Gasteiger partial charge in [-0.2, -0.15) is 28.1 Å². The highest BCUT2D eigenvalue weighted by molar-refractivity contribution is 7.81. The summed E-state index contributed by atoms with van der Waals surface area (Å²) < 4.78 is 13.6. The molecule has 0 radical (unpaired) electrons. The van der Waals surface area contributed by atoms with E-state index in [1.165, 1.54) is 24.2 Å². The Labute approximate surface area is 238 Å². The van der Waals surface area contributed by atoms with Crippen molar-refractivity contribution in [3.8, 4) is 12.1 Å². The van der Waals surface area contributed by atoms with Crippen molar-refractivity contribution in [1.82, 2.24) is 4.98 Å². The summed E-state index contributed by atoms with van der Waals surface area (Å²) in [5, 5.41) is 18.9. The van der Waals surface area contributed by atoms with E-state index in [1.807, 2.05) is 12.1 Å². The van der Waals surface area contributed by atoms with E-state index in [0.29, 0.717) is 5.13 Å². The van der Waals surface area contributed by atoms with Gasteiger partial charge in [0, 0.05) is 28.2 Å². The molecule has 7 rings (SSSR count). The highest BCUT2D eigenvalue weighted by Crippen LogP contribution is 2.56. The minimum atomic E-state index is -0.494. The fraction of sp³-hybridized carbons (Fsp3) is 0.533. The normalized spacial score (nSPS) is 31.2. The number of hydrogen-bond donors (Lipinski definition) is 2. The van der Waals surface area contributed by atoms with Crippen LogP contribution in [-0.4, -0.2) is 27.6 Å². The molecule has 9 heteroatoms. The fourth-order valence-electron chi connectivity index (χ4n) is 7.35. The van der Waals surface area contributed by atoms with Gasteiger partial charge < -0.3 is 15.2 Å². The van der Waals surface area contributed by atoms with E-state index in [4.69, 9.17) is 32.8 Å². The summed E-state index contributed by atoms with van der Waals surface area (Å²) in [4.78, 5) is 10.2. The summed E-state index contributed by atoms with van der Waals surface area (Å²) in [6.45, 7) is 0. The highest BCUT2D eigenvalue weighted by atomic mass is 32.1. The summed E-state index contributed by atoms with van der Waals surface area (Å²) in [5.41, 5.74) is 8.80. The average molecular weight is 558 g/mol. The van der Waals surface area contributed by atoms with Crippen molar-refractivity contribution < 1.29 is 9.47 Å². The Morgan fingerprint density at radius 2 is 1.62 bits per heavy atom. The number of nitriles is 2. The largest absolute Gasteiger partial charge is 0.486 e. The maximum Gasteiger partial charge on any atom is 0.220 e. The van der Waals surface area contributed by atoms with Crippen LogP contribution in [0.5, 0.6) is 0 Å². The van der Waals surface area contributed by atoms with Crippen LogP contribution in [0.3, 0.4) is 0 Å². The molecule has 1 saturated heterocycles. The second-order valence-electron chi connectivity index (χ2n) is 11.6. The van der Waals surface area contributed by atoms with E-state index in [1.54, 1.807) is 0 Å². The topological polar surface area (TPSA) is 117 Å². The summed E-state index contributed by atoms with van der Waals surface area (Å²) in [6.07, 6.45) is 19.6. The van der Waals surface area contributed by atoms with Gasteiger partial charge in [0.25, 0.3) is 0 Å². The van der Waals surface area contributed by atoms with Crippen LogP contribution in [0, 0.1) is 34.5 Å². The third-order valence-corrected chi connectivity index (χ3v) is 11.0. The second-order valence-corrected chi connectivity index (χ2v) is 13.2. The zero-order chi connectivity index (χ0) is 26.8. The van der Waals surface area contributed by atoms with Gasteiger partial charge in [0.15, 0.2) is 5.60 Å². The van der Waals surface area contributed by atoms with Gasteiger partial charge in [-0.15, -0.1) is 0 Å². The number of aliphatic imine (C=N–C) groups is 1. The van der Waals surface area contributed by atoms with Crippen molar-refractivity contribution in [1.29, 1.82) is 10.5 Å². The molecule has 3 heterocycles. The first-order valence-electron chi connectivity index (χ1n) is 14.1. The lowest BCUT2D eigenvalue weighted by Crippen LogP contribution is -2.59. The van der Waals surface area contributed by atoms with Crippen molar-refractivity contribution in [2.75, 3.05) is 0 Å². The van der Waals surface area contributed by atoms with Gasteiger partial charge in [-0.3, -0.25) is 0 Å². The maximum absolute atomic E-state index is 9.26. The predicted octanol–water partition coefficient (Wildman–Crippen LogP) is 6.15. The molecule has 4 unspecified atom stereocenters. The molecule has 0 bridgehead atoms. The lowest BCUT2D eigenvalue weighted by atomic mass is 9.71. The number of rotatable bonds is 1. The van der Waals surface area contributed by atoms with Crippen LogP contribution < -0.4 is 5.73 Å². The maximum atomic E-state index is 9.26. The number of aromatic nitrogens is 1. The summed E-state index contributed by atoms with van der Waals surface area (Å²) >= 11 is 6.47. The summed E-state index contributed by atoms with van der Waals surface area (Å²) in [5.74, 6) is 2.05. The van der Waals surface area contributed by atoms with Crippen LogP contribution in [0.15, 0.2) is 46.4 Å². The van der Waals surface area contributed by atoms with Crippen molar-refractivity contribution >= 4 is 40.4 Å². The smallest absolute Gasteiger partial charge is 0.220 e. The van der Waals surface area contributed by atoms with Gasteiger partial charge in [-0.05, 0) is 63.5 Å². The van der Waals surface area contributed by atoms with Crippen molar-refractivity contribution in [3.63, 3.8) is 0 Å². The summed E-state index contributed by atoms with van der Waals surface area (Å²) in [7, 11) is 0. The molecule has 3 fully saturated rings. The average Bonchev–Trinajstić information content (AvgIpc) is 3.40. The molecule has 200 valence electrons. The van der Waals surface area contributed by atoms with Crippen LogP contribution in [-0.2, 0) is 15.1 Å². The first-order valence-corrected chi connectivity index (χ1v) is 15.4. The molecule has 4 atom stereocenters. The lowest BCUT2D eigenvalue weighted by Gasteiger charge is -2.50. The molecule has 39 heavy (non-hydrogen) atoms. The van der Waals surface area contributed by atoms with Crippen molar-refractivity contribution in [2.24, 2.45) is 22.6 Å². The standard InChI is InChI=1S/C30H31N5O2S2/c31-15-19(16-32)34-28-35-27-25(39-28)21-12-18-13-22-20(24(38)26(33)29(36-22)7-3-1-4-8-29)11-17(18)14-23(21)37-30(27)9-5-2-6-10-30/h11-14,17-18,24,26,38H,1-10,33H2. The van der Waals surface area contributed by atoms with Crippen LogP contribution in [0.4, 0.5) is 5.13 Å². The number of allylic oxidation sites excluding steroid dienone is 6. The number of fused-ring (bicyclic) bond motifs is 6. The predicted molar refractivity (Wildman–Crippen MR) is 153 cm³/mol. The van der Waals surface area contributed by atoms with Gasteiger partial charge in [0.2, 0.25) is 10.8 Å². The molecule has 2 spiro atoms. The Hall–Kier alpha value is -2.85. The van der Waals surface area contributed by atoms with Gasteiger partial charge in [-0.25, -0.2) is 4.98 Å². The Kier molecular flexibility index (Phi) is 6.04. The molecule has 7 nitrogen and oxygen atoms in total. The third kappa shape index (κ3) is 3.93. The molecule has 0 amide bonds. The minimum absolute atomic E-state index is 0.0622. The van der Waals surface area contributed by atoms with Crippen molar-refractivity contribution in [3.05, 3.63) is 52.0 Å². The molecule has 2 aliphatic heterocycles. The van der Waals surface area contributed by atoms with E-state index < -0.39 is 5.60 Å². The van der Waals surface area contributed by atoms with Crippen LogP contribution in [0.2, 0.25) is 0 Å². The van der Waals surface area contributed by atoms with Gasteiger partial charge in [0.05, 0.1) is 10.9 Å². The molecule has 0 aromatic carbocycles. The van der Waals surface area contributed by atoms with E-state index >= 15 is 0 Å². The van der Waals surface area contributed by atoms with Crippen molar-refractivity contribution in [2.45, 2.75) is 86.7 Å². The zero-order valence-electron chi connectivity index (χ0n) is 21.7. The number of nitrogens with two attached hydrogens (primary N) is 1. The molecule has 1 aromatic rings. The first kappa shape index (κ1) is 25.1. The molecule has 6 aliphatic rings. The van der Waals surface area contributed by atoms with Crippen LogP contribution in [0.25, 0.3) is 5.57 Å². The number of hydrogen-bond acceptors (Lipinski definition) is 9. The van der Waals surface area contributed by atoms with Gasteiger partial charge in [0.1, 0.15) is 35.0 Å². The lowest BCUT2D eigenvalue weighted by molar-refractivity contribution is -0.0590. The Morgan fingerprint density at radius 3 is 2.33 bits per heavy atom. The zero-order valence-corrected chi connectivity index (χ0v) is 23.4. The van der Waals surface area contributed by atoms with E-state index in [-0.39, 0.29) is 34.4 Å². The monoisotopic (exact) mass is 557 g/mol. The summed E-state index contributed by atoms with van der Waals surface area (Å²) in [6, 6.07) is 3.58. The molecular formula is C30H31N5O2S2. The highest BCUT2D eigenvalue weighted by Gasteiger charge is 2.51. The number of thiol groups is 1.